The number of rotatable bonds is 3. The zero-order valence-electron chi connectivity index (χ0n) is 11.3. The summed E-state index contributed by atoms with van der Waals surface area (Å²) in [7, 11) is -3.49. The first-order valence-corrected chi connectivity index (χ1v) is 8.25. The Hall–Kier alpha value is -1.59. The highest BCUT2D eigenvalue weighted by atomic mass is 32.2. The van der Waals surface area contributed by atoms with E-state index in [0.717, 1.165) is 18.2 Å². The molecule has 0 radical (unpaired) electrons. The van der Waals surface area contributed by atoms with Gasteiger partial charge in [0.2, 0.25) is 10.0 Å². The fourth-order valence-electron chi connectivity index (χ4n) is 2.81. The molecule has 3 rings (SSSR count). The minimum Gasteiger partial charge on any atom is -0.398 e. The van der Waals surface area contributed by atoms with Crippen molar-refractivity contribution in [3.05, 3.63) is 36.4 Å². The van der Waals surface area contributed by atoms with Crippen LogP contribution in [0.5, 0.6) is 0 Å². The van der Waals surface area contributed by atoms with Crippen molar-refractivity contribution in [3.8, 4) is 0 Å². The van der Waals surface area contributed by atoms with Gasteiger partial charge in [0, 0.05) is 22.5 Å². The van der Waals surface area contributed by atoms with Gasteiger partial charge in [0.1, 0.15) is 0 Å². The number of nitrogens with two attached hydrogens (primary N) is 1. The minimum atomic E-state index is -3.49. The number of fused-ring (bicyclic) bond motifs is 1. The van der Waals surface area contributed by atoms with Crippen LogP contribution in [0.3, 0.4) is 0 Å². The Labute approximate surface area is 119 Å². The van der Waals surface area contributed by atoms with E-state index >= 15 is 0 Å². The summed E-state index contributed by atoms with van der Waals surface area (Å²) in [4.78, 5) is 0.307. The minimum absolute atomic E-state index is 0.0614. The number of sulfonamides is 1. The van der Waals surface area contributed by atoms with Gasteiger partial charge < -0.3 is 5.73 Å². The second kappa shape index (κ2) is 4.75. The second-order valence-electron chi connectivity index (χ2n) is 5.59. The van der Waals surface area contributed by atoms with Crippen LogP contribution >= 0.6 is 0 Å². The van der Waals surface area contributed by atoms with E-state index in [1.54, 1.807) is 18.2 Å². The molecule has 4 nitrogen and oxygen atoms in total. The van der Waals surface area contributed by atoms with Crippen molar-refractivity contribution in [3.63, 3.8) is 0 Å². The predicted octanol–water partition coefficient (Wildman–Crippen LogP) is 2.50. The Morgan fingerprint density at radius 1 is 1.10 bits per heavy atom. The van der Waals surface area contributed by atoms with E-state index in [1.165, 1.54) is 0 Å². The Morgan fingerprint density at radius 2 is 1.75 bits per heavy atom. The van der Waals surface area contributed by atoms with Gasteiger partial charge in [0.25, 0.3) is 0 Å². The fraction of sp³-hybridized carbons (Fsp3) is 0.333. The molecule has 1 aliphatic carbocycles. The van der Waals surface area contributed by atoms with E-state index in [1.807, 2.05) is 18.2 Å². The van der Waals surface area contributed by atoms with Crippen molar-refractivity contribution < 1.29 is 8.42 Å². The van der Waals surface area contributed by atoms with Crippen LogP contribution in [-0.2, 0) is 10.0 Å². The Balaban J connectivity index is 2.03. The summed E-state index contributed by atoms with van der Waals surface area (Å²) in [5, 5.41) is 1.45. The standard InChI is InChI=1S/C15H18N2O2S/c1-10-8-11(9-10)17-20(18,19)15-7-6-14(16)12-4-2-3-5-13(12)15/h2-7,10-11,17H,8-9,16H2,1H3. The average Bonchev–Trinajstić information content (AvgIpc) is 2.37. The van der Waals surface area contributed by atoms with Gasteiger partial charge in [-0.3, -0.25) is 0 Å². The van der Waals surface area contributed by atoms with Gasteiger partial charge >= 0.3 is 0 Å². The molecule has 0 aliphatic heterocycles. The average molecular weight is 290 g/mol. The van der Waals surface area contributed by atoms with Crippen LogP contribution in [0.25, 0.3) is 10.8 Å². The molecule has 3 N–H and O–H groups in total. The van der Waals surface area contributed by atoms with Crippen molar-refractivity contribution in [1.82, 2.24) is 4.72 Å². The lowest BCUT2D eigenvalue weighted by Gasteiger charge is -2.33. The van der Waals surface area contributed by atoms with E-state index in [2.05, 4.69) is 11.6 Å². The molecule has 20 heavy (non-hydrogen) atoms. The molecule has 0 spiro atoms. The molecule has 1 saturated carbocycles. The number of hydrogen-bond acceptors (Lipinski definition) is 3. The molecule has 0 saturated heterocycles. The molecule has 2 aromatic carbocycles. The van der Waals surface area contributed by atoms with Crippen LogP contribution in [0.1, 0.15) is 19.8 Å². The molecule has 0 bridgehead atoms. The summed E-state index contributed by atoms with van der Waals surface area (Å²) in [6.45, 7) is 2.13. The summed E-state index contributed by atoms with van der Waals surface area (Å²) in [6, 6.07) is 10.6. The largest absolute Gasteiger partial charge is 0.398 e. The van der Waals surface area contributed by atoms with Gasteiger partial charge in [0.15, 0.2) is 0 Å². The van der Waals surface area contributed by atoms with Crippen LogP contribution in [-0.4, -0.2) is 14.5 Å². The normalized spacial score (nSPS) is 22.6. The Kier molecular flexibility index (Phi) is 3.18. The highest BCUT2D eigenvalue weighted by Gasteiger charge is 2.30. The first kappa shape index (κ1) is 13.4. The van der Waals surface area contributed by atoms with E-state index in [9.17, 15) is 8.42 Å². The molecule has 0 amide bonds. The summed E-state index contributed by atoms with van der Waals surface area (Å²) in [5.74, 6) is 0.603. The van der Waals surface area contributed by atoms with Gasteiger partial charge in [-0.15, -0.1) is 0 Å². The summed E-state index contributed by atoms with van der Waals surface area (Å²) >= 11 is 0. The van der Waals surface area contributed by atoms with Crippen molar-refractivity contribution in [2.75, 3.05) is 5.73 Å². The zero-order valence-corrected chi connectivity index (χ0v) is 12.2. The van der Waals surface area contributed by atoms with Gasteiger partial charge in [0.05, 0.1) is 4.90 Å². The second-order valence-corrected chi connectivity index (χ2v) is 7.28. The highest BCUT2D eigenvalue weighted by molar-refractivity contribution is 7.89. The van der Waals surface area contributed by atoms with Crippen LogP contribution < -0.4 is 10.5 Å². The number of hydrogen-bond donors (Lipinski definition) is 2. The molecule has 1 fully saturated rings. The van der Waals surface area contributed by atoms with Gasteiger partial charge in [-0.05, 0) is 30.9 Å². The van der Waals surface area contributed by atoms with Crippen molar-refractivity contribution in [2.45, 2.75) is 30.7 Å². The molecular weight excluding hydrogens is 272 g/mol. The summed E-state index contributed by atoms with van der Waals surface area (Å²) < 4.78 is 27.8. The molecule has 0 aromatic heterocycles. The smallest absolute Gasteiger partial charge is 0.241 e. The number of nitrogen functional groups attached to an aromatic ring is 1. The lowest BCUT2D eigenvalue weighted by atomic mass is 9.83. The highest BCUT2D eigenvalue weighted by Crippen LogP contribution is 2.31. The number of anilines is 1. The van der Waals surface area contributed by atoms with E-state index < -0.39 is 10.0 Å². The van der Waals surface area contributed by atoms with E-state index in [-0.39, 0.29) is 6.04 Å². The maximum Gasteiger partial charge on any atom is 0.241 e. The molecule has 106 valence electrons. The van der Waals surface area contributed by atoms with Gasteiger partial charge in [-0.25, -0.2) is 13.1 Å². The first-order chi connectivity index (χ1) is 9.47. The lowest BCUT2D eigenvalue weighted by Crippen LogP contribution is -2.43. The third-order valence-electron chi connectivity index (χ3n) is 3.90. The molecular formula is C15H18N2O2S. The third-order valence-corrected chi connectivity index (χ3v) is 5.48. The molecule has 0 unspecified atom stereocenters. The van der Waals surface area contributed by atoms with Crippen LogP contribution in [0.2, 0.25) is 0 Å². The van der Waals surface area contributed by atoms with Crippen LogP contribution in [0, 0.1) is 5.92 Å². The van der Waals surface area contributed by atoms with Gasteiger partial charge in [-0.1, -0.05) is 31.2 Å². The number of benzene rings is 2. The quantitative estimate of drug-likeness (QED) is 0.853. The molecule has 0 atom stereocenters. The third kappa shape index (κ3) is 2.27. The van der Waals surface area contributed by atoms with E-state index in [0.29, 0.717) is 21.9 Å². The van der Waals surface area contributed by atoms with Crippen molar-refractivity contribution in [2.24, 2.45) is 5.92 Å². The molecule has 5 heteroatoms. The lowest BCUT2D eigenvalue weighted by molar-refractivity contribution is 0.270. The molecule has 1 aliphatic rings. The van der Waals surface area contributed by atoms with E-state index in [4.69, 9.17) is 5.73 Å². The van der Waals surface area contributed by atoms with Crippen molar-refractivity contribution >= 4 is 26.5 Å². The summed E-state index contributed by atoms with van der Waals surface area (Å²) in [5.41, 5.74) is 6.50. The van der Waals surface area contributed by atoms with Crippen LogP contribution in [0.4, 0.5) is 5.69 Å². The predicted molar refractivity (Wildman–Crippen MR) is 80.9 cm³/mol. The first-order valence-electron chi connectivity index (χ1n) is 6.77. The maximum absolute atomic E-state index is 12.5. The van der Waals surface area contributed by atoms with Gasteiger partial charge in [-0.2, -0.15) is 0 Å². The zero-order chi connectivity index (χ0) is 14.3. The fourth-order valence-corrected chi connectivity index (χ4v) is 4.28. The SMILES string of the molecule is CC1CC(NS(=O)(=O)c2ccc(N)c3ccccc23)C1. The maximum atomic E-state index is 12.5. The monoisotopic (exact) mass is 290 g/mol. The Bertz CT molecular complexity index is 750. The molecule has 2 aromatic rings. The topological polar surface area (TPSA) is 72.2 Å². The summed E-state index contributed by atoms with van der Waals surface area (Å²) in [6.07, 6.45) is 1.82. The molecule has 0 heterocycles. The Morgan fingerprint density at radius 3 is 2.40 bits per heavy atom. The van der Waals surface area contributed by atoms with Crippen molar-refractivity contribution in [1.29, 1.82) is 0 Å². The van der Waals surface area contributed by atoms with Crippen LogP contribution in [0.15, 0.2) is 41.3 Å². The number of nitrogens with one attached hydrogen (secondary N) is 1.